The predicted molar refractivity (Wildman–Crippen MR) is 52.3 cm³/mol. The molecular weight excluding hydrogens is 144 g/mol. The zero-order chi connectivity index (χ0) is 8.55. The molecule has 0 saturated carbocycles. The smallest absolute Gasteiger partial charge is 0.0162 e. The molecule has 0 fully saturated rings. The highest BCUT2D eigenvalue weighted by Gasteiger charge is 2.21. The van der Waals surface area contributed by atoms with E-state index in [1.165, 1.54) is 12.8 Å². The molecule has 0 bridgehead atoms. The minimum absolute atomic E-state index is 0.759. The molecule has 0 aliphatic heterocycles. The fourth-order valence-electron chi connectivity index (χ4n) is 2.15. The van der Waals surface area contributed by atoms with E-state index >= 15 is 0 Å². The number of fused-ring (bicyclic) bond motifs is 1. The first-order valence-corrected chi connectivity index (χ1v) is 4.87. The van der Waals surface area contributed by atoms with Gasteiger partial charge >= 0.3 is 0 Å². The second-order valence-corrected chi connectivity index (χ2v) is 4.00. The first-order chi connectivity index (χ1) is 5.79. The normalized spacial score (nSPS) is 28.2. The molecule has 1 aromatic carbocycles. The van der Waals surface area contributed by atoms with Gasteiger partial charge in [0.2, 0.25) is 0 Å². The molecule has 0 nitrogen and oxygen atoms in total. The molecule has 0 saturated heterocycles. The Morgan fingerprint density at radius 1 is 1.17 bits per heavy atom. The Bertz CT molecular complexity index is 275. The monoisotopic (exact) mass is 160 g/mol. The van der Waals surface area contributed by atoms with Crippen molar-refractivity contribution in [2.24, 2.45) is 5.92 Å². The molecule has 0 radical (unpaired) electrons. The maximum absolute atomic E-state index is 2.36. The van der Waals surface area contributed by atoms with Crippen molar-refractivity contribution in [3.05, 3.63) is 35.4 Å². The molecule has 0 N–H and O–H groups in total. The summed E-state index contributed by atoms with van der Waals surface area (Å²) in [7, 11) is 0. The minimum Gasteiger partial charge on any atom is -0.0620 e. The summed E-state index contributed by atoms with van der Waals surface area (Å²) in [5, 5.41) is 0. The van der Waals surface area contributed by atoms with E-state index in [4.69, 9.17) is 0 Å². The molecule has 0 heteroatoms. The van der Waals surface area contributed by atoms with E-state index in [2.05, 4.69) is 38.1 Å². The molecule has 2 atom stereocenters. The van der Waals surface area contributed by atoms with E-state index in [0.29, 0.717) is 0 Å². The van der Waals surface area contributed by atoms with Crippen LogP contribution in [0, 0.1) is 5.92 Å². The van der Waals surface area contributed by atoms with Crippen LogP contribution in [0.5, 0.6) is 0 Å². The molecule has 12 heavy (non-hydrogen) atoms. The summed E-state index contributed by atoms with van der Waals surface area (Å²) in [6.45, 7) is 4.71. The summed E-state index contributed by atoms with van der Waals surface area (Å²) in [6.07, 6.45) is 2.64. The van der Waals surface area contributed by atoms with Gasteiger partial charge in [-0.2, -0.15) is 0 Å². The summed E-state index contributed by atoms with van der Waals surface area (Å²) in [4.78, 5) is 0. The van der Waals surface area contributed by atoms with Crippen molar-refractivity contribution in [3.63, 3.8) is 0 Å². The van der Waals surface area contributed by atoms with E-state index in [1.807, 2.05) is 0 Å². The second kappa shape index (κ2) is 2.93. The summed E-state index contributed by atoms with van der Waals surface area (Å²) in [5.41, 5.74) is 3.15. The Morgan fingerprint density at radius 3 is 2.75 bits per heavy atom. The SMILES string of the molecule is CC1CCc2ccccc2[C@@H]1C. The van der Waals surface area contributed by atoms with E-state index < -0.39 is 0 Å². The van der Waals surface area contributed by atoms with Gasteiger partial charge in [-0.15, -0.1) is 0 Å². The van der Waals surface area contributed by atoms with Crippen molar-refractivity contribution in [3.8, 4) is 0 Å². The molecule has 64 valence electrons. The lowest BCUT2D eigenvalue weighted by molar-refractivity contribution is 0.426. The van der Waals surface area contributed by atoms with E-state index in [9.17, 15) is 0 Å². The van der Waals surface area contributed by atoms with Crippen molar-refractivity contribution in [1.82, 2.24) is 0 Å². The Labute approximate surface area is 74.6 Å². The van der Waals surface area contributed by atoms with Crippen LogP contribution in [0.1, 0.15) is 37.3 Å². The van der Waals surface area contributed by atoms with Crippen molar-refractivity contribution in [1.29, 1.82) is 0 Å². The van der Waals surface area contributed by atoms with Gasteiger partial charge in [0.1, 0.15) is 0 Å². The van der Waals surface area contributed by atoms with Crippen LogP contribution in [0.15, 0.2) is 24.3 Å². The van der Waals surface area contributed by atoms with Gasteiger partial charge in [0.05, 0.1) is 0 Å². The third-order valence-corrected chi connectivity index (χ3v) is 3.27. The molecule has 1 aromatic rings. The molecule has 0 aromatic heterocycles. The van der Waals surface area contributed by atoms with Crippen molar-refractivity contribution < 1.29 is 0 Å². The summed E-state index contributed by atoms with van der Waals surface area (Å²) in [6, 6.07) is 8.88. The Balaban J connectivity index is 2.42. The van der Waals surface area contributed by atoms with Crippen LogP contribution in [0.2, 0.25) is 0 Å². The molecule has 2 rings (SSSR count). The number of aryl methyl sites for hydroxylation is 1. The molecule has 1 aliphatic carbocycles. The van der Waals surface area contributed by atoms with Crippen LogP contribution in [-0.2, 0) is 6.42 Å². The predicted octanol–water partition coefficient (Wildman–Crippen LogP) is 3.37. The fraction of sp³-hybridized carbons (Fsp3) is 0.500. The first-order valence-electron chi connectivity index (χ1n) is 4.87. The van der Waals surface area contributed by atoms with Crippen LogP contribution in [-0.4, -0.2) is 0 Å². The second-order valence-electron chi connectivity index (χ2n) is 4.00. The number of hydrogen-bond donors (Lipinski definition) is 0. The van der Waals surface area contributed by atoms with Gasteiger partial charge in [-0.1, -0.05) is 38.1 Å². The van der Waals surface area contributed by atoms with Crippen molar-refractivity contribution in [2.75, 3.05) is 0 Å². The highest BCUT2D eigenvalue weighted by molar-refractivity contribution is 5.32. The van der Waals surface area contributed by atoms with E-state index in [1.54, 1.807) is 11.1 Å². The van der Waals surface area contributed by atoms with Crippen LogP contribution in [0.25, 0.3) is 0 Å². The molecule has 0 spiro atoms. The summed E-state index contributed by atoms with van der Waals surface area (Å²) < 4.78 is 0. The number of benzene rings is 1. The van der Waals surface area contributed by atoms with Gasteiger partial charge in [-0.25, -0.2) is 0 Å². The third kappa shape index (κ3) is 1.16. The lowest BCUT2D eigenvalue weighted by Gasteiger charge is -2.28. The maximum Gasteiger partial charge on any atom is -0.0162 e. The maximum atomic E-state index is 2.36. The van der Waals surface area contributed by atoms with Gasteiger partial charge in [-0.3, -0.25) is 0 Å². The van der Waals surface area contributed by atoms with Gasteiger partial charge in [0.25, 0.3) is 0 Å². The lowest BCUT2D eigenvalue weighted by Crippen LogP contribution is -2.15. The Kier molecular flexibility index (Phi) is 1.92. The van der Waals surface area contributed by atoms with Crippen LogP contribution < -0.4 is 0 Å². The molecule has 1 unspecified atom stereocenters. The molecular formula is C12H16. The highest BCUT2D eigenvalue weighted by Crippen LogP contribution is 2.34. The fourth-order valence-corrected chi connectivity index (χ4v) is 2.15. The Morgan fingerprint density at radius 2 is 1.92 bits per heavy atom. The van der Waals surface area contributed by atoms with Crippen LogP contribution >= 0.6 is 0 Å². The number of hydrogen-bond acceptors (Lipinski definition) is 0. The lowest BCUT2D eigenvalue weighted by atomic mass is 9.77. The number of rotatable bonds is 0. The average molecular weight is 160 g/mol. The van der Waals surface area contributed by atoms with Gasteiger partial charge in [-0.05, 0) is 35.8 Å². The van der Waals surface area contributed by atoms with Crippen LogP contribution in [0.4, 0.5) is 0 Å². The van der Waals surface area contributed by atoms with Crippen LogP contribution in [0.3, 0.4) is 0 Å². The molecule has 0 heterocycles. The average Bonchev–Trinajstić information content (AvgIpc) is 2.12. The quantitative estimate of drug-likeness (QED) is 0.546. The third-order valence-electron chi connectivity index (χ3n) is 3.27. The zero-order valence-electron chi connectivity index (χ0n) is 7.88. The topological polar surface area (TPSA) is 0 Å². The van der Waals surface area contributed by atoms with Gasteiger partial charge < -0.3 is 0 Å². The van der Waals surface area contributed by atoms with Gasteiger partial charge in [0.15, 0.2) is 0 Å². The van der Waals surface area contributed by atoms with Gasteiger partial charge in [0, 0.05) is 0 Å². The highest BCUT2D eigenvalue weighted by atomic mass is 14.3. The van der Waals surface area contributed by atoms with Crippen molar-refractivity contribution in [2.45, 2.75) is 32.6 Å². The summed E-state index contributed by atoms with van der Waals surface area (Å²) in [5.74, 6) is 1.62. The van der Waals surface area contributed by atoms with E-state index in [0.717, 1.165) is 11.8 Å². The largest absolute Gasteiger partial charge is 0.0620 e. The van der Waals surface area contributed by atoms with Crippen molar-refractivity contribution >= 4 is 0 Å². The summed E-state index contributed by atoms with van der Waals surface area (Å²) >= 11 is 0. The standard InChI is InChI=1S/C12H16/c1-9-7-8-11-5-3-4-6-12(11)10(9)2/h3-6,9-10H,7-8H2,1-2H3/t9?,10-/m1/s1. The Hall–Kier alpha value is -0.780. The molecule has 0 amide bonds. The zero-order valence-corrected chi connectivity index (χ0v) is 7.88. The first kappa shape index (κ1) is 7.85. The minimum atomic E-state index is 0.759. The van der Waals surface area contributed by atoms with E-state index in [-0.39, 0.29) is 0 Å². The molecule has 1 aliphatic rings.